The van der Waals surface area contributed by atoms with E-state index >= 15 is 0 Å². The van der Waals surface area contributed by atoms with Crippen LogP contribution in [0, 0.1) is 5.82 Å². The number of amides is 3. The van der Waals surface area contributed by atoms with Gasteiger partial charge in [0, 0.05) is 30.5 Å². The van der Waals surface area contributed by atoms with E-state index in [1.807, 2.05) is 6.07 Å². The van der Waals surface area contributed by atoms with Crippen molar-refractivity contribution in [3.8, 4) is 5.75 Å². The molecule has 0 fully saturated rings. The van der Waals surface area contributed by atoms with Crippen LogP contribution in [0.1, 0.15) is 11.1 Å². The molecular weight excluding hydrogens is 341 g/mol. The quantitative estimate of drug-likeness (QED) is 0.782. The summed E-state index contributed by atoms with van der Waals surface area (Å²) in [5, 5.41) is 14.4. The molecule has 1 heterocycles. The minimum atomic E-state index is -0.938. The van der Waals surface area contributed by atoms with Crippen molar-refractivity contribution in [1.82, 2.24) is 4.90 Å². The number of benzene rings is 2. The molecule has 0 radical (unpaired) electrons. The zero-order valence-electron chi connectivity index (χ0n) is 14.1. The maximum absolute atomic E-state index is 13.4. The number of nitrogens with one attached hydrogen (secondary N) is 2. The first-order chi connectivity index (χ1) is 12.5. The lowest BCUT2D eigenvalue weighted by atomic mass is 9.99. The van der Waals surface area contributed by atoms with Crippen molar-refractivity contribution < 1.29 is 23.8 Å². The molecule has 0 bridgehead atoms. The number of halogens is 1. The lowest BCUT2D eigenvalue weighted by Gasteiger charge is -2.26. The van der Waals surface area contributed by atoms with E-state index in [9.17, 15) is 14.0 Å². The van der Waals surface area contributed by atoms with Crippen LogP contribution < -0.4 is 15.4 Å². The molecular formula is C18H18FN3O4. The van der Waals surface area contributed by atoms with Crippen molar-refractivity contribution in [3.63, 3.8) is 0 Å². The molecule has 0 atom stereocenters. The zero-order chi connectivity index (χ0) is 18.7. The number of rotatable bonds is 3. The van der Waals surface area contributed by atoms with Gasteiger partial charge in [0.15, 0.2) is 11.6 Å². The van der Waals surface area contributed by atoms with Gasteiger partial charge in [-0.15, -0.1) is 0 Å². The maximum Gasteiger partial charge on any atom is 0.407 e. The molecule has 3 amide bonds. The molecule has 26 heavy (non-hydrogen) atoms. The molecule has 1 aliphatic heterocycles. The second kappa shape index (κ2) is 7.30. The van der Waals surface area contributed by atoms with Gasteiger partial charge in [0.2, 0.25) is 0 Å². The molecule has 3 N–H and O–H groups in total. The summed E-state index contributed by atoms with van der Waals surface area (Å²) in [6.07, 6.45) is -0.347. The third-order valence-electron chi connectivity index (χ3n) is 4.16. The zero-order valence-corrected chi connectivity index (χ0v) is 14.1. The number of nitrogens with zero attached hydrogens (tertiary/aromatic N) is 1. The molecule has 0 aromatic heterocycles. The number of urea groups is 1. The Morgan fingerprint density at radius 3 is 2.50 bits per heavy atom. The Morgan fingerprint density at radius 1 is 1.12 bits per heavy atom. The highest BCUT2D eigenvalue weighted by Gasteiger charge is 2.20. The van der Waals surface area contributed by atoms with Gasteiger partial charge in [0.1, 0.15) is 0 Å². The highest BCUT2D eigenvalue weighted by molar-refractivity contribution is 5.99. The predicted molar refractivity (Wildman–Crippen MR) is 94.2 cm³/mol. The summed E-state index contributed by atoms with van der Waals surface area (Å²) in [4.78, 5) is 24.5. The first-order valence-corrected chi connectivity index (χ1v) is 7.97. The van der Waals surface area contributed by atoms with Crippen molar-refractivity contribution in [3.05, 3.63) is 53.3 Å². The monoisotopic (exact) mass is 359 g/mol. The Labute approximate surface area is 149 Å². The van der Waals surface area contributed by atoms with E-state index in [2.05, 4.69) is 10.6 Å². The van der Waals surface area contributed by atoms with E-state index in [-0.39, 0.29) is 5.75 Å². The molecule has 0 spiro atoms. The van der Waals surface area contributed by atoms with Crippen LogP contribution in [-0.2, 0) is 13.0 Å². The molecule has 2 aromatic carbocycles. The summed E-state index contributed by atoms with van der Waals surface area (Å²) < 4.78 is 18.3. The van der Waals surface area contributed by atoms with Crippen LogP contribution in [-0.4, -0.2) is 35.8 Å². The molecule has 7 nitrogen and oxygen atoms in total. The van der Waals surface area contributed by atoms with Crippen LogP contribution in [0.25, 0.3) is 0 Å². The number of hydrogen-bond donors (Lipinski definition) is 3. The van der Waals surface area contributed by atoms with Crippen molar-refractivity contribution in [2.45, 2.75) is 13.0 Å². The predicted octanol–water partition coefficient (Wildman–Crippen LogP) is 3.51. The van der Waals surface area contributed by atoms with Crippen molar-refractivity contribution >= 4 is 23.5 Å². The Morgan fingerprint density at radius 2 is 1.81 bits per heavy atom. The molecule has 0 unspecified atom stereocenters. The Balaban J connectivity index is 1.66. The largest absolute Gasteiger partial charge is 0.494 e. The van der Waals surface area contributed by atoms with Gasteiger partial charge in [0.05, 0.1) is 7.11 Å². The number of anilines is 2. The number of fused-ring (bicyclic) bond motifs is 1. The van der Waals surface area contributed by atoms with Crippen molar-refractivity contribution in [1.29, 1.82) is 0 Å². The lowest BCUT2D eigenvalue weighted by molar-refractivity contribution is 0.140. The molecule has 136 valence electrons. The number of ether oxygens (including phenoxy) is 1. The normalized spacial score (nSPS) is 12.9. The first-order valence-electron chi connectivity index (χ1n) is 7.97. The van der Waals surface area contributed by atoms with Gasteiger partial charge in [-0.1, -0.05) is 6.07 Å². The smallest absolute Gasteiger partial charge is 0.407 e. The van der Waals surface area contributed by atoms with Crippen LogP contribution in [0.2, 0.25) is 0 Å². The van der Waals surface area contributed by atoms with Crippen LogP contribution >= 0.6 is 0 Å². The van der Waals surface area contributed by atoms with Gasteiger partial charge in [-0.2, -0.15) is 0 Å². The van der Waals surface area contributed by atoms with E-state index < -0.39 is 17.9 Å². The molecule has 0 aliphatic carbocycles. The second-order valence-corrected chi connectivity index (χ2v) is 5.87. The van der Waals surface area contributed by atoms with Gasteiger partial charge in [-0.25, -0.2) is 14.0 Å². The van der Waals surface area contributed by atoms with E-state index in [0.717, 1.165) is 11.1 Å². The molecule has 8 heteroatoms. The summed E-state index contributed by atoms with van der Waals surface area (Å²) in [7, 11) is 1.35. The first kappa shape index (κ1) is 17.5. The number of hydrogen-bond acceptors (Lipinski definition) is 3. The van der Waals surface area contributed by atoms with Gasteiger partial charge in [-0.05, 0) is 41.8 Å². The van der Waals surface area contributed by atoms with Crippen LogP contribution in [0.15, 0.2) is 36.4 Å². The maximum atomic E-state index is 13.4. The summed E-state index contributed by atoms with van der Waals surface area (Å²) in [6, 6.07) is 8.92. The number of carboxylic acid groups (broad SMARTS) is 1. The second-order valence-electron chi connectivity index (χ2n) is 5.87. The Hall–Kier alpha value is -3.29. The van der Waals surface area contributed by atoms with Crippen LogP contribution in [0.5, 0.6) is 5.75 Å². The third-order valence-corrected chi connectivity index (χ3v) is 4.16. The topological polar surface area (TPSA) is 90.9 Å². The molecule has 0 saturated heterocycles. The van der Waals surface area contributed by atoms with Gasteiger partial charge in [0.25, 0.3) is 0 Å². The molecule has 2 aromatic rings. The van der Waals surface area contributed by atoms with Crippen LogP contribution in [0.3, 0.4) is 0 Å². The van der Waals surface area contributed by atoms with Gasteiger partial charge >= 0.3 is 12.1 Å². The highest BCUT2D eigenvalue weighted by Crippen LogP contribution is 2.24. The highest BCUT2D eigenvalue weighted by atomic mass is 19.1. The van der Waals surface area contributed by atoms with Crippen molar-refractivity contribution in [2.75, 3.05) is 24.3 Å². The molecule has 1 aliphatic rings. The number of carbonyl (C=O) groups excluding carboxylic acids is 1. The standard InChI is InChI=1S/C18H18FN3O4/c1-26-16-9-14(4-5-15(16)19)21-17(23)20-13-3-2-12-10-22(18(24)25)7-6-11(12)8-13/h2-5,8-9H,6-7,10H2,1H3,(H,24,25)(H2,20,21,23). The summed E-state index contributed by atoms with van der Waals surface area (Å²) >= 11 is 0. The van der Waals surface area contributed by atoms with E-state index in [1.165, 1.54) is 30.2 Å². The third kappa shape index (κ3) is 3.85. The fourth-order valence-electron chi connectivity index (χ4n) is 2.83. The van der Waals surface area contributed by atoms with Gasteiger partial charge in [-0.3, -0.25) is 0 Å². The summed E-state index contributed by atoms with van der Waals surface area (Å²) in [5.41, 5.74) is 2.92. The fraction of sp³-hybridized carbons (Fsp3) is 0.222. The Kier molecular flexibility index (Phi) is 4.92. The SMILES string of the molecule is COc1cc(NC(=O)Nc2ccc3c(c2)CCN(C(=O)O)C3)ccc1F. The van der Waals surface area contributed by atoms with E-state index in [4.69, 9.17) is 9.84 Å². The van der Waals surface area contributed by atoms with E-state index in [0.29, 0.717) is 30.9 Å². The summed E-state index contributed by atoms with van der Waals surface area (Å²) in [5.74, 6) is -0.469. The van der Waals surface area contributed by atoms with E-state index in [1.54, 1.807) is 12.1 Å². The fourth-order valence-corrected chi connectivity index (χ4v) is 2.83. The van der Waals surface area contributed by atoms with Crippen molar-refractivity contribution in [2.24, 2.45) is 0 Å². The minimum Gasteiger partial charge on any atom is -0.494 e. The minimum absolute atomic E-state index is 0.0413. The van der Waals surface area contributed by atoms with Gasteiger partial charge < -0.3 is 25.4 Å². The number of carbonyl (C=O) groups is 2. The average molecular weight is 359 g/mol. The molecule has 0 saturated carbocycles. The number of methoxy groups -OCH3 is 1. The lowest BCUT2D eigenvalue weighted by Crippen LogP contribution is -2.34. The average Bonchev–Trinajstić information content (AvgIpc) is 2.62. The van der Waals surface area contributed by atoms with Crippen LogP contribution in [0.4, 0.5) is 25.4 Å². The summed E-state index contributed by atoms with van der Waals surface area (Å²) in [6.45, 7) is 0.764. The molecule has 3 rings (SSSR count). The Bertz CT molecular complexity index is 856.